The largest absolute Gasteiger partial charge is 0.494 e. The molecule has 1 atom stereocenters. The zero-order chi connectivity index (χ0) is 15.1. The fourth-order valence-electron chi connectivity index (χ4n) is 2.30. The number of halogens is 1. The van der Waals surface area contributed by atoms with Crippen LogP contribution in [0.15, 0.2) is 48.5 Å². The lowest BCUT2D eigenvalue weighted by atomic mass is 9.98. The molecule has 1 N–H and O–H groups in total. The van der Waals surface area contributed by atoms with E-state index in [1.165, 1.54) is 14.7 Å². The van der Waals surface area contributed by atoms with E-state index in [4.69, 9.17) is 4.74 Å². The van der Waals surface area contributed by atoms with Crippen LogP contribution in [0.2, 0.25) is 0 Å². The van der Waals surface area contributed by atoms with E-state index in [2.05, 4.69) is 90.3 Å². The van der Waals surface area contributed by atoms with Gasteiger partial charge in [0.2, 0.25) is 0 Å². The Bertz CT molecular complexity index is 553. The lowest BCUT2D eigenvalue weighted by molar-refractivity contribution is 0.317. The van der Waals surface area contributed by atoms with E-state index in [-0.39, 0.29) is 6.04 Å². The maximum Gasteiger partial charge on any atom is 0.119 e. The van der Waals surface area contributed by atoms with Crippen LogP contribution in [0.3, 0.4) is 0 Å². The van der Waals surface area contributed by atoms with Crippen molar-refractivity contribution in [3.63, 3.8) is 0 Å². The summed E-state index contributed by atoms with van der Waals surface area (Å²) in [7, 11) is 0. The van der Waals surface area contributed by atoms with Gasteiger partial charge in [0.25, 0.3) is 0 Å². The molecule has 3 heteroatoms. The molecular weight excluding hydrogens is 373 g/mol. The summed E-state index contributed by atoms with van der Waals surface area (Å²) >= 11 is 2.40. The number of rotatable bonds is 7. The Hall–Kier alpha value is -1.07. The quantitative estimate of drug-likeness (QED) is 0.682. The topological polar surface area (TPSA) is 21.3 Å². The molecule has 21 heavy (non-hydrogen) atoms. The van der Waals surface area contributed by atoms with Gasteiger partial charge in [-0.1, -0.05) is 44.2 Å². The Morgan fingerprint density at radius 1 is 1.05 bits per heavy atom. The van der Waals surface area contributed by atoms with Gasteiger partial charge in [-0.15, -0.1) is 0 Å². The molecule has 2 rings (SSSR count). The average Bonchev–Trinajstić information content (AvgIpc) is 2.52. The van der Waals surface area contributed by atoms with Crippen molar-refractivity contribution in [2.24, 2.45) is 0 Å². The Labute approximate surface area is 141 Å². The van der Waals surface area contributed by atoms with E-state index in [1.807, 2.05) is 0 Å². The van der Waals surface area contributed by atoms with Crippen molar-refractivity contribution in [3.8, 4) is 5.75 Å². The van der Waals surface area contributed by atoms with Crippen LogP contribution in [0.1, 0.15) is 37.4 Å². The SMILES string of the molecule is CCCOc1ccc(C(NCC)c2ccccc2I)cc1. The third-order valence-electron chi connectivity index (χ3n) is 3.31. The van der Waals surface area contributed by atoms with E-state index in [1.54, 1.807) is 0 Å². The van der Waals surface area contributed by atoms with Crippen molar-refractivity contribution in [2.45, 2.75) is 26.3 Å². The Morgan fingerprint density at radius 2 is 1.76 bits per heavy atom. The van der Waals surface area contributed by atoms with Gasteiger partial charge in [0.15, 0.2) is 0 Å². The van der Waals surface area contributed by atoms with Crippen LogP contribution >= 0.6 is 22.6 Å². The van der Waals surface area contributed by atoms with Crippen LogP contribution in [0.25, 0.3) is 0 Å². The first-order chi connectivity index (χ1) is 10.3. The van der Waals surface area contributed by atoms with Gasteiger partial charge in [0, 0.05) is 3.57 Å². The first kappa shape index (κ1) is 16.3. The maximum absolute atomic E-state index is 5.66. The highest BCUT2D eigenvalue weighted by Crippen LogP contribution is 2.27. The molecule has 2 aromatic carbocycles. The van der Waals surface area contributed by atoms with E-state index >= 15 is 0 Å². The van der Waals surface area contributed by atoms with Crippen LogP contribution in [0.4, 0.5) is 0 Å². The fourth-order valence-corrected chi connectivity index (χ4v) is 3.00. The third-order valence-corrected chi connectivity index (χ3v) is 4.29. The normalized spacial score (nSPS) is 12.1. The summed E-state index contributed by atoms with van der Waals surface area (Å²) in [5.41, 5.74) is 2.59. The lowest BCUT2D eigenvalue weighted by Crippen LogP contribution is -2.22. The van der Waals surface area contributed by atoms with Gasteiger partial charge in [-0.25, -0.2) is 0 Å². The maximum atomic E-state index is 5.66. The molecule has 0 saturated carbocycles. The fraction of sp³-hybridized carbons (Fsp3) is 0.333. The average molecular weight is 395 g/mol. The van der Waals surface area contributed by atoms with Crippen molar-refractivity contribution < 1.29 is 4.74 Å². The van der Waals surface area contributed by atoms with E-state index in [0.717, 1.165) is 25.3 Å². The predicted molar refractivity (Wildman–Crippen MR) is 96.9 cm³/mol. The van der Waals surface area contributed by atoms with Crippen LogP contribution in [-0.2, 0) is 0 Å². The number of benzene rings is 2. The van der Waals surface area contributed by atoms with Gasteiger partial charge < -0.3 is 10.1 Å². The molecule has 0 heterocycles. The molecule has 0 fully saturated rings. The molecule has 0 aliphatic rings. The first-order valence-corrected chi connectivity index (χ1v) is 8.54. The van der Waals surface area contributed by atoms with E-state index < -0.39 is 0 Å². The summed E-state index contributed by atoms with van der Waals surface area (Å²) in [5.74, 6) is 0.943. The monoisotopic (exact) mass is 395 g/mol. The molecule has 2 nitrogen and oxygen atoms in total. The highest BCUT2D eigenvalue weighted by molar-refractivity contribution is 14.1. The molecule has 0 aliphatic heterocycles. The predicted octanol–water partition coefficient (Wildman–Crippen LogP) is 4.78. The number of nitrogens with one attached hydrogen (secondary N) is 1. The zero-order valence-corrected chi connectivity index (χ0v) is 14.8. The molecule has 0 bridgehead atoms. The Morgan fingerprint density at radius 3 is 2.38 bits per heavy atom. The van der Waals surface area contributed by atoms with Gasteiger partial charge in [0.1, 0.15) is 5.75 Å². The van der Waals surface area contributed by atoms with Crippen molar-refractivity contribution >= 4 is 22.6 Å². The first-order valence-electron chi connectivity index (χ1n) is 7.46. The highest BCUT2D eigenvalue weighted by atomic mass is 127. The second-order valence-corrected chi connectivity index (χ2v) is 6.09. The zero-order valence-electron chi connectivity index (χ0n) is 12.6. The molecule has 0 saturated heterocycles. The third kappa shape index (κ3) is 4.45. The molecule has 0 spiro atoms. The van der Waals surface area contributed by atoms with Crippen molar-refractivity contribution in [3.05, 3.63) is 63.2 Å². The molecule has 2 aromatic rings. The van der Waals surface area contributed by atoms with Crippen molar-refractivity contribution in [1.29, 1.82) is 0 Å². The Kier molecular flexibility index (Phi) is 6.51. The summed E-state index contributed by atoms with van der Waals surface area (Å²) in [6, 6.07) is 17.2. The Balaban J connectivity index is 2.24. The summed E-state index contributed by atoms with van der Waals surface area (Å²) < 4.78 is 6.94. The molecule has 0 amide bonds. The van der Waals surface area contributed by atoms with Gasteiger partial charge in [-0.2, -0.15) is 0 Å². The standard InChI is InChI=1S/C18H22INO/c1-3-13-21-15-11-9-14(10-12-15)18(20-4-2)16-7-5-6-8-17(16)19/h5-12,18,20H,3-4,13H2,1-2H3. The van der Waals surface area contributed by atoms with Gasteiger partial charge in [0.05, 0.1) is 12.6 Å². The summed E-state index contributed by atoms with van der Waals surface area (Å²) in [6.45, 7) is 5.96. The minimum Gasteiger partial charge on any atom is -0.494 e. The number of hydrogen-bond donors (Lipinski definition) is 1. The van der Waals surface area contributed by atoms with Crippen LogP contribution in [-0.4, -0.2) is 13.2 Å². The van der Waals surface area contributed by atoms with E-state index in [0.29, 0.717) is 0 Å². The molecule has 112 valence electrons. The molecule has 1 unspecified atom stereocenters. The van der Waals surface area contributed by atoms with Crippen LogP contribution < -0.4 is 10.1 Å². The lowest BCUT2D eigenvalue weighted by Gasteiger charge is -2.20. The summed E-state index contributed by atoms with van der Waals surface area (Å²) in [5, 5.41) is 3.57. The van der Waals surface area contributed by atoms with Crippen LogP contribution in [0.5, 0.6) is 5.75 Å². The second kappa shape index (κ2) is 8.39. The number of hydrogen-bond acceptors (Lipinski definition) is 2. The van der Waals surface area contributed by atoms with Crippen LogP contribution in [0, 0.1) is 3.57 Å². The molecule has 0 radical (unpaired) electrons. The summed E-state index contributed by atoms with van der Waals surface area (Å²) in [4.78, 5) is 0. The second-order valence-electron chi connectivity index (χ2n) is 4.93. The smallest absolute Gasteiger partial charge is 0.119 e. The van der Waals surface area contributed by atoms with Gasteiger partial charge in [-0.05, 0) is 64.9 Å². The minimum absolute atomic E-state index is 0.225. The molecule has 0 aromatic heterocycles. The molecular formula is C18H22INO. The number of ether oxygens (including phenoxy) is 1. The highest BCUT2D eigenvalue weighted by Gasteiger charge is 2.15. The minimum atomic E-state index is 0.225. The van der Waals surface area contributed by atoms with Gasteiger partial charge in [-0.3, -0.25) is 0 Å². The van der Waals surface area contributed by atoms with Gasteiger partial charge >= 0.3 is 0 Å². The van der Waals surface area contributed by atoms with E-state index in [9.17, 15) is 0 Å². The molecule has 0 aliphatic carbocycles. The van der Waals surface area contributed by atoms with Crippen molar-refractivity contribution in [2.75, 3.05) is 13.2 Å². The summed E-state index contributed by atoms with van der Waals surface area (Å²) in [6.07, 6.45) is 1.03. The van der Waals surface area contributed by atoms with Crippen molar-refractivity contribution in [1.82, 2.24) is 5.32 Å².